The number of aliphatic hydroxyl groups is 7. The van der Waals surface area contributed by atoms with Gasteiger partial charge in [-0.3, -0.25) is 0 Å². The molecule has 17 heteroatoms. The van der Waals surface area contributed by atoms with Gasteiger partial charge in [-0.25, -0.2) is 0 Å². The average molecular weight is 585 g/mol. The predicted molar refractivity (Wildman–Crippen MR) is 132 cm³/mol. The van der Waals surface area contributed by atoms with Crippen LogP contribution in [-0.2, 0) is 28.4 Å². The molecule has 19 atom stereocenters. The molecule has 0 spiro atoms. The van der Waals surface area contributed by atoms with Crippen LogP contribution in [0, 0.1) is 0 Å². The molecule has 234 valence electrons. The maximum Gasteiger partial charge on any atom is 0.187 e. The van der Waals surface area contributed by atoms with Crippen LogP contribution >= 0.6 is 0 Å². The van der Waals surface area contributed by atoms with Gasteiger partial charge in [-0.1, -0.05) is 0 Å². The Morgan fingerprint density at radius 3 is 1.55 bits per heavy atom. The fourth-order valence-corrected chi connectivity index (χ4v) is 5.55. The van der Waals surface area contributed by atoms with Crippen LogP contribution in [-0.4, -0.2) is 159 Å². The van der Waals surface area contributed by atoms with Gasteiger partial charge in [-0.15, -0.1) is 0 Å². The van der Waals surface area contributed by atoms with Crippen LogP contribution in [0.25, 0.3) is 0 Å². The summed E-state index contributed by atoms with van der Waals surface area (Å²) in [5, 5.41) is 72.4. The highest BCUT2D eigenvalue weighted by molar-refractivity contribution is 5.02. The van der Waals surface area contributed by atoms with Crippen molar-refractivity contribution >= 4 is 0 Å². The largest absolute Gasteiger partial charge is 0.394 e. The first-order chi connectivity index (χ1) is 18.8. The summed E-state index contributed by atoms with van der Waals surface area (Å²) in [7, 11) is 0. The van der Waals surface area contributed by atoms with Gasteiger partial charge in [0.25, 0.3) is 0 Å². The van der Waals surface area contributed by atoms with Gasteiger partial charge >= 0.3 is 0 Å². The first-order valence-corrected chi connectivity index (χ1v) is 13.4. The fraction of sp³-hybridized carbons (Fsp3) is 1.00. The third kappa shape index (κ3) is 6.17. The minimum Gasteiger partial charge on any atom is -0.394 e. The van der Waals surface area contributed by atoms with Crippen molar-refractivity contribution in [1.29, 1.82) is 0 Å². The Labute approximate surface area is 230 Å². The Hall–Kier alpha value is -0.680. The summed E-state index contributed by atoms with van der Waals surface area (Å²) in [6, 6.07) is -3.98. The highest BCUT2D eigenvalue weighted by atomic mass is 16.8. The van der Waals surface area contributed by atoms with Gasteiger partial charge in [0.1, 0.15) is 54.9 Å². The standard InChI is InChI=1S/C23H44N4O13/c1-5-12(29)15(32)10(26)21(35-5)38-18-8(25)3-7(24)14(31)20(18)40-23-17(34)19(9(4-28)37-23)39-22-11(27)16(33)13(30)6(2)36-22/h5-23,28-34H,3-4,24-27H2,1-2H3/t5?,6?,7-,8?,9-,10?,11-,12-,13-,14?,15-,16?,17?,18-,19+,20-,21-,22-,23+/m1/s1. The second-order valence-electron chi connectivity index (χ2n) is 11.1. The molecule has 3 heterocycles. The van der Waals surface area contributed by atoms with E-state index in [1.807, 2.05) is 0 Å². The Balaban J connectivity index is 1.49. The Bertz CT molecular complexity index is 836. The van der Waals surface area contributed by atoms with E-state index in [2.05, 4.69) is 0 Å². The molecule has 1 aliphatic carbocycles. The van der Waals surface area contributed by atoms with Crippen molar-refractivity contribution in [3.8, 4) is 0 Å². The van der Waals surface area contributed by atoms with E-state index >= 15 is 0 Å². The molecule has 0 aromatic heterocycles. The average Bonchev–Trinajstić information content (AvgIpc) is 3.21. The first-order valence-electron chi connectivity index (χ1n) is 13.4. The molecule has 4 fully saturated rings. The number of ether oxygens (including phenoxy) is 6. The van der Waals surface area contributed by atoms with Crippen molar-refractivity contribution in [2.75, 3.05) is 6.61 Å². The zero-order chi connectivity index (χ0) is 29.6. The molecule has 3 aliphatic heterocycles. The molecule has 1 saturated carbocycles. The second-order valence-corrected chi connectivity index (χ2v) is 11.1. The van der Waals surface area contributed by atoms with Crippen LogP contribution in [0.15, 0.2) is 0 Å². The summed E-state index contributed by atoms with van der Waals surface area (Å²) in [6.07, 6.45) is -18.5. The Kier molecular flexibility index (Phi) is 10.4. The van der Waals surface area contributed by atoms with Gasteiger partial charge in [0.15, 0.2) is 18.9 Å². The minimum absolute atomic E-state index is 0.122. The minimum atomic E-state index is -1.56. The maximum atomic E-state index is 11.1. The summed E-state index contributed by atoms with van der Waals surface area (Å²) in [4.78, 5) is 0. The van der Waals surface area contributed by atoms with Crippen molar-refractivity contribution in [3.05, 3.63) is 0 Å². The molecule has 3 saturated heterocycles. The molecule has 17 nitrogen and oxygen atoms in total. The summed E-state index contributed by atoms with van der Waals surface area (Å²) in [5.41, 5.74) is 24.3. The molecule has 0 radical (unpaired) electrons. The van der Waals surface area contributed by atoms with E-state index in [4.69, 9.17) is 51.4 Å². The molecule has 0 amide bonds. The van der Waals surface area contributed by atoms with Gasteiger partial charge in [0.05, 0.1) is 37.0 Å². The molecule has 15 N–H and O–H groups in total. The lowest BCUT2D eigenvalue weighted by atomic mass is 9.84. The molecule has 4 rings (SSSR count). The van der Waals surface area contributed by atoms with E-state index in [0.29, 0.717) is 0 Å². The highest BCUT2D eigenvalue weighted by Crippen LogP contribution is 2.34. The van der Waals surface area contributed by atoms with Crippen molar-refractivity contribution in [2.24, 2.45) is 22.9 Å². The lowest BCUT2D eigenvalue weighted by molar-refractivity contribution is -0.306. The first kappa shape index (κ1) is 32.2. The van der Waals surface area contributed by atoms with Crippen molar-refractivity contribution in [3.63, 3.8) is 0 Å². The summed E-state index contributed by atoms with van der Waals surface area (Å²) >= 11 is 0. The zero-order valence-electron chi connectivity index (χ0n) is 22.3. The summed E-state index contributed by atoms with van der Waals surface area (Å²) in [6.45, 7) is 2.42. The summed E-state index contributed by atoms with van der Waals surface area (Å²) in [5.74, 6) is 0. The lowest BCUT2D eigenvalue weighted by Gasteiger charge is -2.47. The Morgan fingerprint density at radius 2 is 1.05 bits per heavy atom. The number of aliphatic hydroxyl groups excluding tert-OH is 7. The van der Waals surface area contributed by atoms with Crippen molar-refractivity contribution in [2.45, 2.75) is 137 Å². The second kappa shape index (κ2) is 12.9. The molecular formula is C23H44N4O13. The quantitative estimate of drug-likeness (QED) is 0.132. The Morgan fingerprint density at radius 1 is 0.575 bits per heavy atom. The van der Waals surface area contributed by atoms with Gasteiger partial charge in [-0.05, 0) is 20.3 Å². The monoisotopic (exact) mass is 584 g/mol. The fourth-order valence-electron chi connectivity index (χ4n) is 5.55. The van der Waals surface area contributed by atoms with Gasteiger partial charge in [-0.2, -0.15) is 0 Å². The van der Waals surface area contributed by atoms with Crippen LogP contribution in [0.1, 0.15) is 20.3 Å². The third-order valence-electron chi connectivity index (χ3n) is 8.19. The van der Waals surface area contributed by atoms with E-state index in [1.165, 1.54) is 13.8 Å². The maximum absolute atomic E-state index is 11.1. The molecule has 0 aromatic carbocycles. The van der Waals surface area contributed by atoms with Crippen LogP contribution < -0.4 is 22.9 Å². The van der Waals surface area contributed by atoms with Crippen molar-refractivity contribution < 1.29 is 64.2 Å². The van der Waals surface area contributed by atoms with Crippen LogP contribution in [0.5, 0.6) is 0 Å². The van der Waals surface area contributed by atoms with E-state index in [0.717, 1.165) is 0 Å². The van der Waals surface area contributed by atoms with E-state index < -0.39 is 123 Å². The molecule has 4 aliphatic rings. The van der Waals surface area contributed by atoms with Crippen LogP contribution in [0.2, 0.25) is 0 Å². The smallest absolute Gasteiger partial charge is 0.187 e. The number of hydrogen-bond acceptors (Lipinski definition) is 17. The van der Waals surface area contributed by atoms with Gasteiger partial charge in [0.2, 0.25) is 0 Å². The number of hydrogen-bond donors (Lipinski definition) is 11. The molecule has 40 heavy (non-hydrogen) atoms. The normalized spacial score (nSPS) is 55.9. The highest BCUT2D eigenvalue weighted by Gasteiger charge is 2.54. The predicted octanol–water partition coefficient (Wildman–Crippen LogP) is -6.77. The molecule has 0 bridgehead atoms. The van der Waals surface area contributed by atoms with Gasteiger partial charge in [0, 0.05) is 12.1 Å². The topological polar surface area (TPSA) is 301 Å². The number of nitrogens with two attached hydrogens (primary N) is 4. The van der Waals surface area contributed by atoms with Gasteiger partial charge < -0.3 is 87.1 Å². The van der Waals surface area contributed by atoms with E-state index in [9.17, 15) is 35.7 Å². The molecule has 7 unspecified atom stereocenters. The van der Waals surface area contributed by atoms with Crippen molar-refractivity contribution in [1.82, 2.24) is 0 Å². The lowest BCUT2D eigenvalue weighted by Crippen LogP contribution is -2.67. The van der Waals surface area contributed by atoms with Crippen LogP contribution in [0.4, 0.5) is 0 Å². The zero-order valence-corrected chi connectivity index (χ0v) is 22.3. The number of rotatable bonds is 7. The molecular weight excluding hydrogens is 540 g/mol. The molecule has 0 aromatic rings. The SMILES string of the molecule is CC1O[C@H](O[C@@H]2C(O)[C@H](O[C@@H]3C(O)[C@H](N)CC(N)[C@H]3O[C@H]3OC(C)[C@@H](O)[C@H](O)C3N)O[C@@H]2CO)[C@H](N)C(O)[C@@H]1O. The van der Waals surface area contributed by atoms with E-state index in [1.54, 1.807) is 0 Å². The third-order valence-corrected chi connectivity index (χ3v) is 8.19. The van der Waals surface area contributed by atoms with E-state index in [-0.39, 0.29) is 6.42 Å². The van der Waals surface area contributed by atoms with Crippen LogP contribution in [0.3, 0.4) is 0 Å². The summed E-state index contributed by atoms with van der Waals surface area (Å²) < 4.78 is 34.6.